The van der Waals surface area contributed by atoms with Crippen molar-refractivity contribution in [3.05, 3.63) is 58.9 Å². The van der Waals surface area contributed by atoms with Crippen LogP contribution in [-0.4, -0.2) is 45.2 Å². The third-order valence-corrected chi connectivity index (χ3v) is 5.47. The molecule has 0 saturated carbocycles. The van der Waals surface area contributed by atoms with Crippen molar-refractivity contribution in [2.75, 3.05) is 19.6 Å². The number of hydrogen-bond acceptors (Lipinski definition) is 4. The second-order valence-electron chi connectivity index (χ2n) is 8.39. The monoisotopic (exact) mass is 413 g/mol. The number of halogens is 1. The minimum absolute atomic E-state index is 0.279. The fourth-order valence-corrected chi connectivity index (χ4v) is 3.82. The Hall–Kier alpha value is -2.54. The van der Waals surface area contributed by atoms with Crippen LogP contribution in [-0.2, 0) is 19.5 Å². The smallest absolute Gasteiger partial charge is 0.251 e. The summed E-state index contributed by atoms with van der Waals surface area (Å²) in [6.45, 7) is 10.7. The average molecular weight is 414 g/mol. The fraction of sp³-hybridized carbons (Fsp3) is 0.522. The standard InChI is InChI=1S/C23H32FN5O/c1-17(2)6-4-7-18(3)16-28-11-10-21-26-27-22(29(21)13-12-28)15-25-23(30)19-8-5-9-20(24)14-19/h5-6,8-9,14,18H,4,7,10-13,15-16H2,1-3H3,(H,25,30). The molecular weight excluding hydrogens is 381 g/mol. The highest BCUT2D eigenvalue weighted by molar-refractivity contribution is 5.94. The van der Waals surface area contributed by atoms with Crippen LogP contribution < -0.4 is 5.32 Å². The molecular formula is C23H32FN5O. The van der Waals surface area contributed by atoms with Gasteiger partial charge < -0.3 is 14.8 Å². The fourth-order valence-electron chi connectivity index (χ4n) is 3.82. The molecule has 2 heterocycles. The van der Waals surface area contributed by atoms with Crippen molar-refractivity contribution in [2.45, 2.75) is 53.1 Å². The van der Waals surface area contributed by atoms with Crippen LogP contribution in [0.1, 0.15) is 55.6 Å². The molecule has 1 aromatic carbocycles. The van der Waals surface area contributed by atoms with Gasteiger partial charge in [0.15, 0.2) is 5.82 Å². The van der Waals surface area contributed by atoms with Gasteiger partial charge in [0.05, 0.1) is 6.54 Å². The topological polar surface area (TPSA) is 63.1 Å². The van der Waals surface area contributed by atoms with Crippen molar-refractivity contribution in [2.24, 2.45) is 5.92 Å². The maximum absolute atomic E-state index is 13.3. The molecule has 1 unspecified atom stereocenters. The van der Waals surface area contributed by atoms with Gasteiger partial charge in [-0.3, -0.25) is 4.79 Å². The molecule has 1 atom stereocenters. The molecule has 1 aliphatic rings. The maximum Gasteiger partial charge on any atom is 0.251 e. The van der Waals surface area contributed by atoms with Gasteiger partial charge in [-0.15, -0.1) is 10.2 Å². The van der Waals surface area contributed by atoms with Crippen LogP contribution in [0.3, 0.4) is 0 Å². The lowest BCUT2D eigenvalue weighted by atomic mass is 10.0. The van der Waals surface area contributed by atoms with Crippen LogP contribution in [0.2, 0.25) is 0 Å². The van der Waals surface area contributed by atoms with Crippen LogP contribution in [0.25, 0.3) is 0 Å². The van der Waals surface area contributed by atoms with Gasteiger partial charge in [0, 0.05) is 38.2 Å². The quantitative estimate of drug-likeness (QED) is 0.672. The van der Waals surface area contributed by atoms with Crippen molar-refractivity contribution < 1.29 is 9.18 Å². The normalized spacial score (nSPS) is 15.2. The van der Waals surface area contributed by atoms with Crippen LogP contribution in [0.5, 0.6) is 0 Å². The Morgan fingerprint density at radius 1 is 1.27 bits per heavy atom. The van der Waals surface area contributed by atoms with E-state index in [0.29, 0.717) is 11.5 Å². The summed E-state index contributed by atoms with van der Waals surface area (Å²) < 4.78 is 15.4. The summed E-state index contributed by atoms with van der Waals surface area (Å²) in [5, 5.41) is 11.4. The first-order valence-corrected chi connectivity index (χ1v) is 10.7. The van der Waals surface area contributed by atoms with Gasteiger partial charge in [-0.05, 0) is 50.8 Å². The van der Waals surface area contributed by atoms with Gasteiger partial charge in [0.1, 0.15) is 11.6 Å². The van der Waals surface area contributed by atoms with Crippen LogP contribution in [0, 0.1) is 11.7 Å². The zero-order valence-electron chi connectivity index (χ0n) is 18.2. The highest BCUT2D eigenvalue weighted by Gasteiger charge is 2.20. The summed E-state index contributed by atoms with van der Waals surface area (Å²) in [7, 11) is 0. The first-order valence-electron chi connectivity index (χ1n) is 10.7. The van der Waals surface area contributed by atoms with Gasteiger partial charge in [0.25, 0.3) is 5.91 Å². The van der Waals surface area contributed by atoms with Gasteiger partial charge in [-0.1, -0.05) is 24.6 Å². The molecule has 162 valence electrons. The molecule has 1 amide bonds. The highest BCUT2D eigenvalue weighted by atomic mass is 19.1. The highest BCUT2D eigenvalue weighted by Crippen LogP contribution is 2.14. The zero-order valence-corrected chi connectivity index (χ0v) is 18.2. The molecule has 1 aromatic heterocycles. The first kappa shape index (κ1) is 22.2. The van der Waals surface area contributed by atoms with Crippen molar-refractivity contribution in [3.63, 3.8) is 0 Å². The minimum atomic E-state index is -0.422. The lowest BCUT2D eigenvalue weighted by Crippen LogP contribution is -2.32. The molecule has 7 heteroatoms. The number of amides is 1. The summed E-state index contributed by atoms with van der Waals surface area (Å²) >= 11 is 0. The number of carbonyl (C=O) groups is 1. The Kier molecular flexibility index (Phi) is 7.74. The van der Waals surface area contributed by atoms with Gasteiger partial charge >= 0.3 is 0 Å². The predicted molar refractivity (Wildman–Crippen MR) is 116 cm³/mol. The zero-order chi connectivity index (χ0) is 21.5. The molecule has 1 N–H and O–H groups in total. The van der Waals surface area contributed by atoms with E-state index in [2.05, 4.69) is 51.8 Å². The molecule has 0 bridgehead atoms. The van der Waals surface area contributed by atoms with Gasteiger partial charge in [0.2, 0.25) is 0 Å². The van der Waals surface area contributed by atoms with Crippen molar-refractivity contribution in [1.82, 2.24) is 25.0 Å². The van der Waals surface area contributed by atoms with Crippen molar-refractivity contribution in [1.29, 1.82) is 0 Å². The Bertz CT molecular complexity index is 887. The Morgan fingerprint density at radius 3 is 2.87 bits per heavy atom. The number of allylic oxidation sites excluding steroid dienone is 2. The van der Waals surface area contributed by atoms with E-state index in [4.69, 9.17) is 0 Å². The molecule has 1 aliphatic heterocycles. The van der Waals surface area contributed by atoms with E-state index in [1.165, 1.54) is 30.2 Å². The number of rotatable bonds is 8. The Labute approximate surface area is 178 Å². The van der Waals surface area contributed by atoms with E-state index < -0.39 is 5.82 Å². The molecule has 30 heavy (non-hydrogen) atoms. The van der Waals surface area contributed by atoms with E-state index in [-0.39, 0.29) is 12.5 Å². The number of carbonyl (C=O) groups excluding carboxylic acids is 1. The first-order chi connectivity index (χ1) is 14.4. The lowest BCUT2D eigenvalue weighted by Gasteiger charge is -2.23. The van der Waals surface area contributed by atoms with E-state index in [9.17, 15) is 9.18 Å². The summed E-state index contributed by atoms with van der Waals surface area (Å²) in [4.78, 5) is 14.8. The number of fused-ring (bicyclic) bond motifs is 1. The number of nitrogens with zero attached hydrogens (tertiary/aromatic N) is 4. The molecule has 0 fully saturated rings. The van der Waals surface area contributed by atoms with Crippen molar-refractivity contribution in [3.8, 4) is 0 Å². The van der Waals surface area contributed by atoms with Crippen molar-refractivity contribution >= 4 is 5.91 Å². The Balaban J connectivity index is 1.52. The summed E-state index contributed by atoms with van der Waals surface area (Å²) in [6.07, 6.45) is 5.50. The lowest BCUT2D eigenvalue weighted by molar-refractivity contribution is 0.0949. The molecule has 6 nitrogen and oxygen atoms in total. The molecule has 2 aromatic rings. The maximum atomic E-state index is 13.3. The third-order valence-electron chi connectivity index (χ3n) is 5.47. The predicted octanol–water partition coefficient (Wildman–Crippen LogP) is 3.59. The van der Waals surface area contributed by atoms with Gasteiger partial charge in [-0.2, -0.15) is 0 Å². The minimum Gasteiger partial charge on any atom is -0.345 e. The second-order valence-corrected chi connectivity index (χ2v) is 8.39. The van der Waals surface area contributed by atoms with Crippen LogP contribution >= 0.6 is 0 Å². The van der Waals surface area contributed by atoms with E-state index in [0.717, 1.165) is 50.7 Å². The number of benzene rings is 1. The molecule has 3 rings (SSSR count). The van der Waals surface area contributed by atoms with Crippen LogP contribution in [0.15, 0.2) is 35.9 Å². The second kappa shape index (κ2) is 10.5. The number of aromatic nitrogens is 3. The summed E-state index contributed by atoms with van der Waals surface area (Å²) in [5.41, 5.74) is 1.69. The summed E-state index contributed by atoms with van der Waals surface area (Å²) in [6, 6.07) is 5.68. The number of nitrogens with one attached hydrogen (secondary N) is 1. The Morgan fingerprint density at radius 2 is 2.10 bits per heavy atom. The molecule has 0 saturated heterocycles. The largest absolute Gasteiger partial charge is 0.345 e. The van der Waals surface area contributed by atoms with E-state index >= 15 is 0 Å². The van der Waals surface area contributed by atoms with E-state index in [1.54, 1.807) is 6.07 Å². The molecule has 0 aliphatic carbocycles. The van der Waals surface area contributed by atoms with Crippen LogP contribution in [0.4, 0.5) is 4.39 Å². The van der Waals surface area contributed by atoms with Gasteiger partial charge in [-0.25, -0.2) is 4.39 Å². The SMILES string of the molecule is CC(C)=CCCC(C)CN1CCc2nnc(CNC(=O)c3cccc(F)c3)n2CC1. The average Bonchev–Trinajstić information content (AvgIpc) is 2.98. The molecule has 0 spiro atoms. The number of hydrogen-bond donors (Lipinski definition) is 1. The third kappa shape index (κ3) is 6.23. The van der Waals surface area contributed by atoms with E-state index in [1.807, 2.05) is 0 Å². The summed E-state index contributed by atoms with van der Waals surface area (Å²) in [5.74, 6) is 1.62. The molecule has 0 radical (unpaired) electrons.